The molecular weight excluding hydrogens is 192 g/mol. The van der Waals surface area contributed by atoms with Crippen molar-refractivity contribution in [2.24, 2.45) is 7.05 Å². The molecule has 58 valence electrons. The lowest BCUT2D eigenvalue weighted by atomic mass is 10.5. The van der Waals surface area contributed by atoms with E-state index in [0.717, 1.165) is 10.2 Å². The Hall–Kier alpha value is -0.310. The summed E-state index contributed by atoms with van der Waals surface area (Å²) in [6.45, 7) is 6.01. The zero-order valence-electron chi connectivity index (χ0n) is 6.85. The molecule has 1 aromatic heterocycles. The summed E-state index contributed by atoms with van der Waals surface area (Å²) in [5, 5.41) is 3.99. The molecule has 0 saturated carbocycles. The maximum Gasteiger partial charge on any atom is 0.0634 e. The van der Waals surface area contributed by atoms with Crippen LogP contribution >= 0.6 is 15.9 Å². The Morgan fingerprint density at radius 1 is 1.50 bits per heavy atom. The zero-order chi connectivity index (χ0) is 8.15. The molecule has 1 rings (SSSR count). The number of rotatable bonds is 0. The third kappa shape index (κ3) is 2.14. The molecule has 0 aliphatic heterocycles. The summed E-state index contributed by atoms with van der Waals surface area (Å²) in [4.78, 5) is 0. The van der Waals surface area contributed by atoms with E-state index in [1.807, 2.05) is 32.5 Å². The molecule has 0 aliphatic carbocycles. The maximum atomic E-state index is 3.99. The van der Waals surface area contributed by atoms with Gasteiger partial charge in [-0.2, -0.15) is 5.10 Å². The molecule has 0 radical (unpaired) electrons. The van der Waals surface area contributed by atoms with Crippen LogP contribution in [0.25, 0.3) is 0 Å². The van der Waals surface area contributed by atoms with Gasteiger partial charge in [-0.1, -0.05) is 13.8 Å². The van der Waals surface area contributed by atoms with Crippen molar-refractivity contribution in [2.45, 2.75) is 20.8 Å². The van der Waals surface area contributed by atoms with Crippen LogP contribution in [0.2, 0.25) is 0 Å². The van der Waals surface area contributed by atoms with Crippen molar-refractivity contribution in [3.8, 4) is 0 Å². The van der Waals surface area contributed by atoms with Crippen molar-refractivity contribution >= 4 is 15.9 Å². The predicted molar refractivity (Wildman–Crippen MR) is 47.0 cm³/mol. The fourth-order valence-corrected chi connectivity index (χ4v) is 0.820. The van der Waals surface area contributed by atoms with Crippen molar-refractivity contribution in [2.75, 3.05) is 0 Å². The highest BCUT2D eigenvalue weighted by Crippen LogP contribution is 2.12. The number of nitrogens with zero attached hydrogens (tertiary/aromatic N) is 2. The lowest BCUT2D eigenvalue weighted by Gasteiger charge is -1.89. The van der Waals surface area contributed by atoms with Gasteiger partial charge < -0.3 is 0 Å². The van der Waals surface area contributed by atoms with Gasteiger partial charge in [-0.15, -0.1) is 0 Å². The number of hydrogen-bond donors (Lipinski definition) is 0. The highest BCUT2D eigenvalue weighted by Gasteiger charge is 1.95. The lowest BCUT2D eigenvalue weighted by Crippen LogP contribution is -1.91. The molecule has 0 saturated heterocycles. The van der Waals surface area contributed by atoms with Crippen LogP contribution in [-0.4, -0.2) is 9.78 Å². The van der Waals surface area contributed by atoms with E-state index in [0.29, 0.717) is 0 Å². The van der Waals surface area contributed by atoms with Gasteiger partial charge in [0.05, 0.1) is 10.7 Å². The quantitative estimate of drug-likeness (QED) is 0.636. The van der Waals surface area contributed by atoms with Crippen LogP contribution in [0, 0.1) is 6.92 Å². The third-order valence-electron chi connectivity index (χ3n) is 1.18. The predicted octanol–water partition coefficient (Wildman–Crippen LogP) is 2.52. The van der Waals surface area contributed by atoms with Gasteiger partial charge in [0.15, 0.2) is 0 Å². The zero-order valence-corrected chi connectivity index (χ0v) is 8.44. The van der Waals surface area contributed by atoms with Crippen LogP contribution in [0.15, 0.2) is 10.7 Å². The van der Waals surface area contributed by atoms with E-state index in [2.05, 4.69) is 21.0 Å². The second-order valence-electron chi connectivity index (χ2n) is 1.70. The Kier molecular flexibility index (Phi) is 4.36. The molecule has 0 aromatic carbocycles. The standard InChI is InChI=1S/C5H7BrN2.C2H6/c1-4-5(6)3-7-8(4)2;1-2/h3H,1-2H3;1-2H3. The molecule has 0 N–H and O–H groups in total. The van der Waals surface area contributed by atoms with Gasteiger partial charge >= 0.3 is 0 Å². The third-order valence-corrected chi connectivity index (χ3v) is 1.95. The highest BCUT2D eigenvalue weighted by atomic mass is 79.9. The second-order valence-corrected chi connectivity index (χ2v) is 2.56. The monoisotopic (exact) mass is 204 g/mol. The number of aryl methyl sites for hydroxylation is 1. The normalized spacial score (nSPS) is 8.50. The molecule has 0 atom stereocenters. The fourth-order valence-electron chi connectivity index (χ4n) is 0.472. The van der Waals surface area contributed by atoms with E-state index in [9.17, 15) is 0 Å². The van der Waals surface area contributed by atoms with Crippen molar-refractivity contribution in [1.82, 2.24) is 9.78 Å². The largest absolute Gasteiger partial charge is 0.272 e. The average molecular weight is 205 g/mol. The Balaban J connectivity index is 0.000000371. The van der Waals surface area contributed by atoms with E-state index >= 15 is 0 Å². The molecule has 0 aliphatic rings. The Morgan fingerprint density at radius 2 is 2.00 bits per heavy atom. The van der Waals surface area contributed by atoms with Crippen molar-refractivity contribution in [3.05, 3.63) is 16.4 Å². The molecule has 2 nitrogen and oxygen atoms in total. The SMILES string of the molecule is CC.Cc1c(Br)cnn1C. The maximum absolute atomic E-state index is 3.99. The van der Waals surface area contributed by atoms with Gasteiger partial charge in [-0.3, -0.25) is 4.68 Å². The first-order chi connectivity index (χ1) is 4.72. The number of halogens is 1. The Labute approximate surface area is 70.4 Å². The molecular formula is C7H13BrN2. The fraction of sp³-hybridized carbons (Fsp3) is 0.571. The van der Waals surface area contributed by atoms with Gasteiger partial charge in [0, 0.05) is 12.7 Å². The van der Waals surface area contributed by atoms with Crippen LogP contribution in [0.3, 0.4) is 0 Å². The summed E-state index contributed by atoms with van der Waals surface area (Å²) < 4.78 is 2.89. The molecule has 0 amide bonds. The van der Waals surface area contributed by atoms with Gasteiger partial charge in [-0.25, -0.2) is 0 Å². The summed E-state index contributed by atoms with van der Waals surface area (Å²) in [7, 11) is 1.92. The van der Waals surface area contributed by atoms with Crippen LogP contribution in [0.1, 0.15) is 19.5 Å². The minimum absolute atomic E-state index is 1.07. The summed E-state index contributed by atoms with van der Waals surface area (Å²) in [6.07, 6.45) is 1.79. The van der Waals surface area contributed by atoms with Crippen molar-refractivity contribution in [3.63, 3.8) is 0 Å². The Morgan fingerprint density at radius 3 is 2.10 bits per heavy atom. The minimum Gasteiger partial charge on any atom is -0.272 e. The molecule has 1 aromatic rings. The molecule has 1 heterocycles. The summed E-state index contributed by atoms with van der Waals surface area (Å²) in [6, 6.07) is 0. The van der Waals surface area contributed by atoms with Crippen LogP contribution in [0.5, 0.6) is 0 Å². The topological polar surface area (TPSA) is 17.8 Å². The summed E-state index contributed by atoms with van der Waals surface area (Å²) in [5.41, 5.74) is 1.16. The van der Waals surface area contributed by atoms with E-state index in [4.69, 9.17) is 0 Å². The van der Waals surface area contributed by atoms with Gasteiger partial charge in [0.2, 0.25) is 0 Å². The first-order valence-electron chi connectivity index (χ1n) is 3.36. The molecule has 0 fully saturated rings. The first kappa shape index (κ1) is 9.69. The Bertz CT molecular complexity index is 174. The van der Waals surface area contributed by atoms with E-state index in [1.54, 1.807) is 6.20 Å². The molecule has 0 unspecified atom stereocenters. The highest BCUT2D eigenvalue weighted by molar-refractivity contribution is 9.10. The van der Waals surface area contributed by atoms with E-state index < -0.39 is 0 Å². The average Bonchev–Trinajstić information content (AvgIpc) is 2.25. The summed E-state index contributed by atoms with van der Waals surface area (Å²) in [5.74, 6) is 0. The number of hydrogen-bond acceptors (Lipinski definition) is 1. The molecule has 3 heteroatoms. The van der Waals surface area contributed by atoms with Gasteiger partial charge in [-0.05, 0) is 22.9 Å². The lowest BCUT2D eigenvalue weighted by molar-refractivity contribution is 0.739. The van der Waals surface area contributed by atoms with E-state index in [-0.39, 0.29) is 0 Å². The smallest absolute Gasteiger partial charge is 0.0634 e. The molecule has 0 bridgehead atoms. The van der Waals surface area contributed by atoms with Crippen LogP contribution in [-0.2, 0) is 7.05 Å². The van der Waals surface area contributed by atoms with Crippen LogP contribution < -0.4 is 0 Å². The first-order valence-corrected chi connectivity index (χ1v) is 4.15. The van der Waals surface area contributed by atoms with Crippen molar-refractivity contribution < 1.29 is 0 Å². The van der Waals surface area contributed by atoms with E-state index in [1.165, 1.54) is 0 Å². The summed E-state index contributed by atoms with van der Waals surface area (Å²) >= 11 is 3.33. The number of aromatic nitrogens is 2. The minimum atomic E-state index is 1.07. The van der Waals surface area contributed by atoms with Crippen molar-refractivity contribution in [1.29, 1.82) is 0 Å². The molecule has 10 heavy (non-hydrogen) atoms. The molecule has 0 spiro atoms. The second kappa shape index (κ2) is 4.50. The van der Waals surface area contributed by atoms with Gasteiger partial charge in [0.1, 0.15) is 0 Å². The van der Waals surface area contributed by atoms with Crippen LogP contribution in [0.4, 0.5) is 0 Å². The van der Waals surface area contributed by atoms with Gasteiger partial charge in [0.25, 0.3) is 0 Å².